The van der Waals surface area contributed by atoms with Crippen LogP contribution in [-0.2, 0) is 11.3 Å². The Morgan fingerprint density at radius 2 is 2.33 bits per heavy atom. The van der Waals surface area contributed by atoms with Gasteiger partial charge in [-0.05, 0) is 13.0 Å². The number of ether oxygens (including phenoxy) is 1. The Morgan fingerprint density at radius 1 is 1.67 bits per heavy atom. The van der Waals surface area contributed by atoms with Crippen LogP contribution in [0.25, 0.3) is 0 Å². The van der Waals surface area contributed by atoms with Crippen molar-refractivity contribution in [2.75, 3.05) is 7.11 Å². The molecule has 1 heterocycles. The van der Waals surface area contributed by atoms with Crippen LogP contribution >= 0.6 is 0 Å². The molecule has 0 saturated heterocycles. The standard InChI is InChI=1S/C10H14N2O3/c1-7(11)6-12-4-3-8(5-9(12)13)10(14)15-2/h3-5,7H,6,11H2,1-2H3/t7-/m0/s1. The highest BCUT2D eigenvalue weighted by Crippen LogP contribution is 1.97. The summed E-state index contributed by atoms with van der Waals surface area (Å²) >= 11 is 0. The van der Waals surface area contributed by atoms with Crippen molar-refractivity contribution in [3.05, 3.63) is 34.2 Å². The van der Waals surface area contributed by atoms with Gasteiger partial charge < -0.3 is 15.0 Å². The van der Waals surface area contributed by atoms with Crippen LogP contribution in [0.4, 0.5) is 0 Å². The lowest BCUT2D eigenvalue weighted by Gasteiger charge is -2.08. The first-order chi connectivity index (χ1) is 7.04. The lowest BCUT2D eigenvalue weighted by molar-refractivity contribution is 0.0600. The number of pyridine rings is 1. The second-order valence-electron chi connectivity index (χ2n) is 3.37. The molecule has 0 saturated carbocycles. The molecule has 5 heteroatoms. The molecular weight excluding hydrogens is 196 g/mol. The van der Waals surface area contributed by atoms with Gasteiger partial charge in [0, 0.05) is 24.8 Å². The van der Waals surface area contributed by atoms with Crippen molar-refractivity contribution < 1.29 is 9.53 Å². The zero-order chi connectivity index (χ0) is 11.4. The quantitative estimate of drug-likeness (QED) is 0.711. The van der Waals surface area contributed by atoms with Gasteiger partial charge in [-0.2, -0.15) is 0 Å². The predicted octanol–water partition coefficient (Wildman–Crippen LogP) is -0.0179. The van der Waals surface area contributed by atoms with Crippen molar-refractivity contribution >= 4 is 5.97 Å². The molecule has 1 aromatic rings. The first-order valence-corrected chi connectivity index (χ1v) is 4.59. The van der Waals surface area contributed by atoms with Gasteiger partial charge in [-0.1, -0.05) is 0 Å². The van der Waals surface area contributed by atoms with Gasteiger partial charge in [0.2, 0.25) is 0 Å². The van der Waals surface area contributed by atoms with Crippen molar-refractivity contribution in [2.24, 2.45) is 5.73 Å². The fourth-order valence-corrected chi connectivity index (χ4v) is 1.21. The average Bonchev–Trinajstić information content (AvgIpc) is 2.19. The van der Waals surface area contributed by atoms with Crippen LogP contribution in [0.1, 0.15) is 17.3 Å². The number of rotatable bonds is 3. The Balaban J connectivity index is 2.98. The Bertz CT molecular complexity index is 409. The summed E-state index contributed by atoms with van der Waals surface area (Å²) < 4.78 is 5.96. The predicted molar refractivity (Wildman–Crippen MR) is 55.7 cm³/mol. The number of esters is 1. The summed E-state index contributed by atoms with van der Waals surface area (Å²) in [5.74, 6) is -0.514. The van der Waals surface area contributed by atoms with Gasteiger partial charge in [0.1, 0.15) is 0 Å². The molecule has 1 aromatic heterocycles. The molecule has 0 aromatic carbocycles. The summed E-state index contributed by atoms with van der Waals surface area (Å²) in [6, 6.07) is 2.68. The van der Waals surface area contributed by atoms with E-state index in [0.29, 0.717) is 6.54 Å². The zero-order valence-electron chi connectivity index (χ0n) is 8.77. The topological polar surface area (TPSA) is 74.3 Å². The van der Waals surface area contributed by atoms with E-state index >= 15 is 0 Å². The Morgan fingerprint density at radius 3 is 2.80 bits per heavy atom. The first-order valence-electron chi connectivity index (χ1n) is 4.59. The smallest absolute Gasteiger partial charge is 0.338 e. The van der Waals surface area contributed by atoms with E-state index in [9.17, 15) is 9.59 Å². The molecule has 0 spiro atoms. The molecule has 15 heavy (non-hydrogen) atoms. The van der Waals surface area contributed by atoms with Crippen molar-refractivity contribution in [2.45, 2.75) is 19.5 Å². The van der Waals surface area contributed by atoms with Gasteiger partial charge in [-0.25, -0.2) is 4.79 Å². The van der Waals surface area contributed by atoms with Gasteiger partial charge in [0.15, 0.2) is 0 Å². The number of methoxy groups -OCH3 is 1. The van der Waals surface area contributed by atoms with Gasteiger partial charge in [-0.15, -0.1) is 0 Å². The summed E-state index contributed by atoms with van der Waals surface area (Å²) in [7, 11) is 1.27. The van der Waals surface area contributed by atoms with Crippen molar-refractivity contribution in [3.63, 3.8) is 0 Å². The van der Waals surface area contributed by atoms with Gasteiger partial charge in [-0.3, -0.25) is 4.79 Å². The maximum Gasteiger partial charge on any atom is 0.338 e. The summed E-state index contributed by atoms with van der Waals surface area (Å²) in [6.45, 7) is 2.24. The molecule has 0 aliphatic carbocycles. The molecule has 0 radical (unpaired) electrons. The summed E-state index contributed by atoms with van der Waals surface area (Å²) in [5, 5.41) is 0. The molecule has 0 aliphatic heterocycles. The molecule has 0 unspecified atom stereocenters. The Labute approximate surface area is 87.5 Å². The SMILES string of the molecule is COC(=O)c1ccn(C[C@H](C)N)c(=O)c1. The van der Waals surface area contributed by atoms with E-state index in [2.05, 4.69) is 4.74 Å². The van der Waals surface area contributed by atoms with Gasteiger partial charge >= 0.3 is 5.97 Å². The molecule has 0 bridgehead atoms. The van der Waals surface area contributed by atoms with Crippen LogP contribution in [0.15, 0.2) is 23.1 Å². The van der Waals surface area contributed by atoms with E-state index in [-0.39, 0.29) is 17.2 Å². The third-order valence-corrected chi connectivity index (χ3v) is 1.90. The number of aromatic nitrogens is 1. The number of hydrogen-bond acceptors (Lipinski definition) is 4. The lowest BCUT2D eigenvalue weighted by atomic mass is 10.2. The maximum atomic E-state index is 11.5. The summed E-state index contributed by atoms with van der Waals surface area (Å²) in [4.78, 5) is 22.6. The second kappa shape index (κ2) is 4.75. The molecule has 1 rings (SSSR count). The van der Waals surface area contributed by atoms with Crippen LogP contribution in [0.3, 0.4) is 0 Å². The molecule has 0 fully saturated rings. The van der Waals surface area contributed by atoms with E-state index in [1.165, 1.54) is 30.0 Å². The Hall–Kier alpha value is -1.62. The maximum absolute atomic E-state index is 11.5. The highest BCUT2D eigenvalue weighted by atomic mass is 16.5. The number of nitrogens with two attached hydrogens (primary N) is 1. The van der Waals surface area contributed by atoms with E-state index in [1.807, 2.05) is 0 Å². The average molecular weight is 210 g/mol. The third-order valence-electron chi connectivity index (χ3n) is 1.90. The van der Waals surface area contributed by atoms with Crippen molar-refractivity contribution in [1.82, 2.24) is 4.57 Å². The minimum atomic E-state index is -0.514. The van der Waals surface area contributed by atoms with Crippen LogP contribution < -0.4 is 11.3 Å². The number of carbonyl (C=O) groups excluding carboxylic acids is 1. The van der Waals surface area contributed by atoms with Crippen LogP contribution in [0, 0.1) is 0 Å². The number of nitrogens with zero attached hydrogens (tertiary/aromatic N) is 1. The van der Waals surface area contributed by atoms with Crippen molar-refractivity contribution in [3.8, 4) is 0 Å². The number of hydrogen-bond donors (Lipinski definition) is 1. The van der Waals surface area contributed by atoms with Crippen molar-refractivity contribution in [1.29, 1.82) is 0 Å². The largest absolute Gasteiger partial charge is 0.465 e. The highest BCUT2D eigenvalue weighted by Gasteiger charge is 2.07. The van der Waals surface area contributed by atoms with Gasteiger partial charge in [0.05, 0.1) is 12.7 Å². The fraction of sp³-hybridized carbons (Fsp3) is 0.400. The Kier molecular flexibility index (Phi) is 3.62. The van der Waals surface area contributed by atoms with Crippen LogP contribution in [-0.4, -0.2) is 23.7 Å². The zero-order valence-corrected chi connectivity index (χ0v) is 8.77. The number of carbonyl (C=O) groups is 1. The summed E-state index contributed by atoms with van der Waals surface area (Å²) in [6.07, 6.45) is 1.54. The second-order valence-corrected chi connectivity index (χ2v) is 3.37. The van der Waals surface area contributed by atoms with E-state index in [0.717, 1.165) is 0 Å². The third kappa shape index (κ3) is 2.92. The van der Waals surface area contributed by atoms with E-state index < -0.39 is 5.97 Å². The van der Waals surface area contributed by atoms with E-state index in [1.54, 1.807) is 6.92 Å². The minimum absolute atomic E-state index is 0.105. The molecule has 1 atom stereocenters. The first kappa shape index (κ1) is 11.5. The van der Waals surface area contributed by atoms with Crippen LogP contribution in [0.2, 0.25) is 0 Å². The van der Waals surface area contributed by atoms with Crippen LogP contribution in [0.5, 0.6) is 0 Å². The monoisotopic (exact) mass is 210 g/mol. The molecule has 2 N–H and O–H groups in total. The highest BCUT2D eigenvalue weighted by molar-refractivity contribution is 5.88. The molecular formula is C10H14N2O3. The normalized spacial score (nSPS) is 12.2. The molecule has 0 aliphatic rings. The molecule has 82 valence electrons. The van der Waals surface area contributed by atoms with E-state index in [4.69, 9.17) is 5.73 Å². The fourth-order valence-electron chi connectivity index (χ4n) is 1.21. The van der Waals surface area contributed by atoms with Gasteiger partial charge in [0.25, 0.3) is 5.56 Å². The lowest BCUT2D eigenvalue weighted by Crippen LogP contribution is -2.29. The minimum Gasteiger partial charge on any atom is -0.465 e. The summed E-state index contributed by atoms with van der Waals surface area (Å²) in [5.41, 5.74) is 5.56. The molecule has 0 amide bonds. The molecule has 5 nitrogen and oxygen atoms in total.